The van der Waals surface area contributed by atoms with Gasteiger partial charge >= 0.3 is 5.97 Å². The van der Waals surface area contributed by atoms with Crippen LogP contribution in [-0.4, -0.2) is 42.6 Å². The third-order valence-corrected chi connectivity index (χ3v) is 5.25. The van der Waals surface area contributed by atoms with Gasteiger partial charge in [0.15, 0.2) is 0 Å². The highest BCUT2D eigenvalue weighted by molar-refractivity contribution is 5.86. The molecule has 2 N–H and O–H groups in total. The fourth-order valence-electron chi connectivity index (χ4n) is 3.71. The van der Waals surface area contributed by atoms with Crippen LogP contribution in [0.4, 0.5) is 0 Å². The van der Waals surface area contributed by atoms with Crippen molar-refractivity contribution in [2.24, 2.45) is 0 Å². The number of carboxylic acids is 1. The lowest BCUT2D eigenvalue weighted by Crippen LogP contribution is -2.49. The molecule has 2 heterocycles. The summed E-state index contributed by atoms with van der Waals surface area (Å²) in [7, 11) is 0. The van der Waals surface area contributed by atoms with Crippen molar-refractivity contribution in [2.75, 3.05) is 0 Å². The van der Waals surface area contributed by atoms with Gasteiger partial charge in [0.2, 0.25) is 5.91 Å². The second-order valence-electron chi connectivity index (χ2n) is 7.14. The Morgan fingerprint density at radius 3 is 2.52 bits per heavy atom. The number of imidazole rings is 1. The second-order valence-corrected chi connectivity index (χ2v) is 7.14. The normalized spacial score (nSPS) is 15.7. The molecule has 0 aliphatic carbocycles. The fraction of sp³-hybridized carbons (Fsp3) is 0.227. The quantitative estimate of drug-likeness (QED) is 0.695. The third kappa shape index (κ3) is 3.85. The summed E-state index contributed by atoms with van der Waals surface area (Å²) in [4.78, 5) is 30.6. The highest BCUT2D eigenvalue weighted by atomic mass is 16.4. The number of carbonyl (C=O) groups is 2. The zero-order chi connectivity index (χ0) is 20.4. The summed E-state index contributed by atoms with van der Waals surface area (Å²) < 4.78 is 1.95. The molecule has 0 fully saturated rings. The Hall–Kier alpha value is -3.61. The molecule has 0 saturated carbocycles. The molecule has 3 aromatic rings. The Balaban J connectivity index is 1.58. The molecule has 2 aromatic carbocycles. The van der Waals surface area contributed by atoms with E-state index in [-0.39, 0.29) is 31.0 Å². The molecule has 4 rings (SSSR count). The highest BCUT2D eigenvalue weighted by Gasteiger charge is 2.37. The van der Waals surface area contributed by atoms with Crippen LogP contribution >= 0.6 is 0 Å². The molecule has 0 radical (unpaired) electrons. The number of amides is 1. The number of phenols is 1. The number of aromatic nitrogens is 2. The van der Waals surface area contributed by atoms with Gasteiger partial charge in [-0.15, -0.1) is 0 Å². The number of fused-ring (bicyclic) bond motifs is 1. The van der Waals surface area contributed by atoms with Gasteiger partial charge in [0, 0.05) is 24.2 Å². The number of rotatable bonds is 5. The molecule has 0 saturated heterocycles. The molecule has 0 bridgehead atoms. The molecule has 1 aliphatic rings. The van der Waals surface area contributed by atoms with Gasteiger partial charge in [-0.1, -0.05) is 48.5 Å². The van der Waals surface area contributed by atoms with Crippen LogP contribution in [0.15, 0.2) is 60.9 Å². The smallest absolute Gasteiger partial charge is 0.326 e. The maximum atomic E-state index is 12.9. The van der Waals surface area contributed by atoms with E-state index in [1.54, 1.807) is 24.5 Å². The van der Waals surface area contributed by atoms with Gasteiger partial charge in [-0.05, 0) is 11.6 Å². The van der Waals surface area contributed by atoms with Crippen LogP contribution < -0.4 is 0 Å². The number of hydrogen-bond donors (Lipinski definition) is 2. The summed E-state index contributed by atoms with van der Waals surface area (Å²) in [6.45, 7) is 0.738. The summed E-state index contributed by atoms with van der Waals surface area (Å²) in [5.41, 5.74) is 3.12. The summed E-state index contributed by atoms with van der Waals surface area (Å²) in [5.74, 6) is -1.37. The summed E-state index contributed by atoms with van der Waals surface area (Å²) in [6.07, 6.45) is 1.84. The number of benzene rings is 2. The molecule has 1 aliphatic heterocycles. The average molecular weight is 391 g/mol. The van der Waals surface area contributed by atoms with Crippen molar-refractivity contribution in [1.29, 1.82) is 0 Å². The highest BCUT2D eigenvalue weighted by Crippen LogP contribution is 2.26. The molecule has 0 spiro atoms. The number of nitrogens with zero attached hydrogens (tertiary/aromatic N) is 3. The number of para-hydroxylation sites is 1. The molecular formula is C22H21N3O4. The Morgan fingerprint density at radius 2 is 1.79 bits per heavy atom. The van der Waals surface area contributed by atoms with E-state index in [1.807, 2.05) is 34.9 Å². The van der Waals surface area contributed by atoms with Crippen molar-refractivity contribution in [3.05, 3.63) is 83.4 Å². The van der Waals surface area contributed by atoms with E-state index in [0.29, 0.717) is 17.8 Å². The van der Waals surface area contributed by atoms with Gasteiger partial charge in [-0.3, -0.25) is 4.79 Å². The monoisotopic (exact) mass is 391 g/mol. The van der Waals surface area contributed by atoms with Crippen molar-refractivity contribution >= 4 is 11.9 Å². The maximum Gasteiger partial charge on any atom is 0.326 e. The van der Waals surface area contributed by atoms with Gasteiger partial charge in [-0.2, -0.15) is 0 Å². The summed E-state index contributed by atoms with van der Waals surface area (Å²) >= 11 is 0. The van der Waals surface area contributed by atoms with E-state index in [2.05, 4.69) is 4.98 Å². The van der Waals surface area contributed by atoms with E-state index in [9.17, 15) is 19.8 Å². The van der Waals surface area contributed by atoms with Gasteiger partial charge in [0.1, 0.15) is 11.8 Å². The standard InChI is InChI=1S/C22H21N3O4/c26-20-9-5-4-8-16(20)10-21(27)25-13-17-18(11-19(25)22(28)29)24(14-23-17)12-15-6-2-1-3-7-15/h1-9,14,19,26H,10-13H2,(H,28,29). The number of carbonyl (C=O) groups excluding carboxylic acids is 1. The lowest BCUT2D eigenvalue weighted by atomic mass is 10.0. The molecule has 1 unspecified atom stereocenters. The number of aromatic hydroxyl groups is 1. The molecule has 148 valence electrons. The lowest BCUT2D eigenvalue weighted by molar-refractivity contribution is -0.151. The SMILES string of the molecule is O=C(O)C1Cc2c(ncn2Cc2ccccc2)CN1C(=O)Cc1ccccc1O. The average Bonchev–Trinajstić information content (AvgIpc) is 3.11. The fourth-order valence-corrected chi connectivity index (χ4v) is 3.71. The van der Waals surface area contributed by atoms with E-state index in [0.717, 1.165) is 11.3 Å². The van der Waals surface area contributed by atoms with Crippen molar-refractivity contribution in [1.82, 2.24) is 14.5 Å². The van der Waals surface area contributed by atoms with Crippen LogP contribution in [0, 0.1) is 0 Å². The summed E-state index contributed by atoms with van der Waals surface area (Å²) in [5, 5.41) is 19.7. The minimum Gasteiger partial charge on any atom is -0.508 e. The Bertz CT molecular complexity index is 1050. The predicted molar refractivity (Wildman–Crippen MR) is 105 cm³/mol. The molecule has 1 atom stereocenters. The third-order valence-electron chi connectivity index (χ3n) is 5.25. The van der Waals surface area contributed by atoms with E-state index < -0.39 is 12.0 Å². The number of aliphatic carboxylic acids is 1. The lowest BCUT2D eigenvalue weighted by Gasteiger charge is -2.33. The van der Waals surface area contributed by atoms with Crippen LogP contribution in [0.25, 0.3) is 0 Å². The Labute approximate surface area is 167 Å². The first kappa shape index (κ1) is 18.7. The van der Waals surface area contributed by atoms with Crippen molar-refractivity contribution in [3.63, 3.8) is 0 Å². The van der Waals surface area contributed by atoms with E-state index in [1.165, 1.54) is 11.0 Å². The zero-order valence-electron chi connectivity index (χ0n) is 15.7. The van der Waals surface area contributed by atoms with Crippen molar-refractivity contribution in [2.45, 2.75) is 32.0 Å². The molecule has 7 heteroatoms. The Kier molecular flexibility index (Phi) is 5.03. The minimum atomic E-state index is -1.05. The van der Waals surface area contributed by atoms with Crippen LogP contribution in [0.3, 0.4) is 0 Å². The van der Waals surface area contributed by atoms with Crippen LogP contribution in [0.2, 0.25) is 0 Å². The van der Waals surface area contributed by atoms with Crippen LogP contribution in [0.1, 0.15) is 22.5 Å². The van der Waals surface area contributed by atoms with Crippen LogP contribution in [-0.2, 0) is 35.5 Å². The van der Waals surface area contributed by atoms with Crippen molar-refractivity contribution < 1.29 is 19.8 Å². The second kappa shape index (κ2) is 7.79. The van der Waals surface area contributed by atoms with Gasteiger partial charge < -0.3 is 19.7 Å². The topological polar surface area (TPSA) is 95.7 Å². The first-order chi connectivity index (χ1) is 14.0. The Morgan fingerprint density at radius 1 is 1.07 bits per heavy atom. The van der Waals surface area contributed by atoms with Gasteiger partial charge in [0.25, 0.3) is 0 Å². The molecule has 1 amide bonds. The maximum absolute atomic E-state index is 12.9. The number of hydrogen-bond acceptors (Lipinski definition) is 4. The first-order valence-corrected chi connectivity index (χ1v) is 9.39. The van der Waals surface area contributed by atoms with Crippen LogP contribution in [0.5, 0.6) is 5.75 Å². The first-order valence-electron chi connectivity index (χ1n) is 9.39. The van der Waals surface area contributed by atoms with E-state index >= 15 is 0 Å². The number of carboxylic acid groups (broad SMARTS) is 1. The van der Waals surface area contributed by atoms with Crippen molar-refractivity contribution in [3.8, 4) is 5.75 Å². The summed E-state index contributed by atoms with van der Waals surface area (Å²) in [6, 6.07) is 15.5. The predicted octanol–water partition coefficient (Wildman–Crippen LogP) is 2.22. The van der Waals surface area contributed by atoms with Gasteiger partial charge in [0.05, 0.1) is 25.0 Å². The largest absolute Gasteiger partial charge is 0.508 e. The number of phenolic OH excluding ortho intramolecular Hbond substituents is 1. The molecular weight excluding hydrogens is 370 g/mol. The minimum absolute atomic E-state index is 0.0255. The molecule has 1 aromatic heterocycles. The zero-order valence-corrected chi connectivity index (χ0v) is 15.7. The molecule has 7 nitrogen and oxygen atoms in total. The molecule has 29 heavy (non-hydrogen) atoms. The van der Waals surface area contributed by atoms with Gasteiger partial charge in [-0.25, -0.2) is 9.78 Å². The van der Waals surface area contributed by atoms with E-state index in [4.69, 9.17) is 0 Å².